The minimum absolute atomic E-state index is 0.00452. The van der Waals surface area contributed by atoms with Crippen LogP contribution in [0.4, 0.5) is 4.79 Å². The average molecular weight is 315 g/mol. The predicted molar refractivity (Wildman–Crippen MR) is 83.4 cm³/mol. The SMILES string of the molecule is CC1CCCN(C(=O)NC(C)c2ccc(Cl)c(Cl)c2)C1. The van der Waals surface area contributed by atoms with Crippen LogP contribution >= 0.6 is 23.2 Å². The van der Waals surface area contributed by atoms with Gasteiger partial charge in [-0.2, -0.15) is 0 Å². The van der Waals surface area contributed by atoms with Crippen LogP contribution in [0, 0.1) is 5.92 Å². The van der Waals surface area contributed by atoms with Gasteiger partial charge < -0.3 is 10.2 Å². The second kappa shape index (κ2) is 6.68. The van der Waals surface area contributed by atoms with E-state index in [2.05, 4.69) is 12.2 Å². The van der Waals surface area contributed by atoms with Crippen LogP contribution in [0.25, 0.3) is 0 Å². The second-order valence-corrected chi connectivity index (χ2v) is 6.35. The number of hydrogen-bond acceptors (Lipinski definition) is 1. The monoisotopic (exact) mass is 314 g/mol. The van der Waals surface area contributed by atoms with Crippen molar-refractivity contribution in [3.8, 4) is 0 Å². The lowest BCUT2D eigenvalue weighted by Gasteiger charge is -2.32. The van der Waals surface area contributed by atoms with Crippen molar-refractivity contribution in [2.75, 3.05) is 13.1 Å². The number of nitrogens with one attached hydrogen (secondary N) is 1. The van der Waals surface area contributed by atoms with Crippen LogP contribution in [0.3, 0.4) is 0 Å². The lowest BCUT2D eigenvalue weighted by atomic mass is 10.0. The quantitative estimate of drug-likeness (QED) is 0.856. The Labute approximate surface area is 130 Å². The lowest BCUT2D eigenvalue weighted by molar-refractivity contribution is 0.167. The molecule has 0 spiro atoms. The fraction of sp³-hybridized carbons (Fsp3) is 0.533. The smallest absolute Gasteiger partial charge is 0.317 e. The molecule has 0 aromatic heterocycles. The van der Waals surface area contributed by atoms with Crippen LogP contribution in [-0.4, -0.2) is 24.0 Å². The number of hydrogen-bond donors (Lipinski definition) is 1. The van der Waals surface area contributed by atoms with Crippen molar-refractivity contribution in [1.29, 1.82) is 0 Å². The van der Waals surface area contributed by atoms with Crippen molar-refractivity contribution in [2.24, 2.45) is 5.92 Å². The highest BCUT2D eigenvalue weighted by atomic mass is 35.5. The molecule has 0 radical (unpaired) electrons. The summed E-state index contributed by atoms with van der Waals surface area (Å²) in [5, 5.41) is 4.06. The number of carbonyl (C=O) groups is 1. The first-order valence-corrected chi connectivity index (χ1v) is 7.73. The second-order valence-electron chi connectivity index (χ2n) is 5.54. The van der Waals surface area contributed by atoms with E-state index in [0.29, 0.717) is 16.0 Å². The molecule has 2 unspecified atom stereocenters. The summed E-state index contributed by atoms with van der Waals surface area (Å²) in [4.78, 5) is 14.1. The Morgan fingerprint density at radius 3 is 2.80 bits per heavy atom. The van der Waals surface area contributed by atoms with Gasteiger partial charge in [0.2, 0.25) is 0 Å². The van der Waals surface area contributed by atoms with Gasteiger partial charge in [-0.05, 0) is 43.4 Å². The number of likely N-dealkylation sites (tertiary alicyclic amines) is 1. The first kappa shape index (κ1) is 15.5. The van der Waals surface area contributed by atoms with E-state index in [1.807, 2.05) is 17.9 Å². The Morgan fingerprint density at radius 2 is 2.15 bits per heavy atom. The molecular weight excluding hydrogens is 295 g/mol. The van der Waals surface area contributed by atoms with E-state index in [1.165, 1.54) is 6.42 Å². The Kier molecular flexibility index (Phi) is 5.17. The van der Waals surface area contributed by atoms with Crippen LogP contribution in [0.5, 0.6) is 0 Å². The highest BCUT2D eigenvalue weighted by Crippen LogP contribution is 2.25. The Morgan fingerprint density at radius 1 is 1.40 bits per heavy atom. The third-order valence-corrected chi connectivity index (χ3v) is 4.47. The Hall–Kier alpha value is -0.930. The first-order valence-electron chi connectivity index (χ1n) is 6.97. The fourth-order valence-electron chi connectivity index (χ4n) is 2.52. The molecular formula is C15H20Cl2N2O. The van der Waals surface area contributed by atoms with Crippen LogP contribution < -0.4 is 5.32 Å². The third-order valence-electron chi connectivity index (χ3n) is 3.73. The van der Waals surface area contributed by atoms with Crippen molar-refractivity contribution in [3.05, 3.63) is 33.8 Å². The minimum Gasteiger partial charge on any atom is -0.331 e. The maximum absolute atomic E-state index is 12.2. The summed E-state index contributed by atoms with van der Waals surface area (Å²) in [5.41, 5.74) is 0.956. The number of halogens is 2. The average Bonchev–Trinajstić information content (AvgIpc) is 2.41. The number of nitrogens with zero attached hydrogens (tertiary/aromatic N) is 1. The van der Waals surface area contributed by atoms with Crippen molar-refractivity contribution < 1.29 is 4.79 Å². The van der Waals surface area contributed by atoms with Crippen molar-refractivity contribution in [2.45, 2.75) is 32.7 Å². The third kappa shape index (κ3) is 3.80. The van der Waals surface area contributed by atoms with Crippen molar-refractivity contribution >= 4 is 29.2 Å². The molecule has 0 saturated carbocycles. The van der Waals surface area contributed by atoms with Gasteiger partial charge in [0.25, 0.3) is 0 Å². The zero-order chi connectivity index (χ0) is 14.7. The van der Waals surface area contributed by atoms with Crippen LogP contribution in [0.2, 0.25) is 10.0 Å². The van der Waals surface area contributed by atoms with Crippen LogP contribution in [0.1, 0.15) is 38.3 Å². The Bertz CT molecular complexity index is 493. The summed E-state index contributed by atoms with van der Waals surface area (Å²) in [6.07, 6.45) is 2.28. The summed E-state index contributed by atoms with van der Waals surface area (Å²) in [6.45, 7) is 5.80. The number of piperidine rings is 1. The highest BCUT2D eigenvalue weighted by Gasteiger charge is 2.22. The Balaban J connectivity index is 1.97. The van der Waals surface area contributed by atoms with E-state index in [1.54, 1.807) is 12.1 Å². The number of amides is 2. The molecule has 3 nitrogen and oxygen atoms in total. The van der Waals surface area contributed by atoms with Gasteiger partial charge in [-0.25, -0.2) is 4.79 Å². The summed E-state index contributed by atoms with van der Waals surface area (Å²) < 4.78 is 0. The topological polar surface area (TPSA) is 32.3 Å². The molecule has 0 aliphatic carbocycles. The van der Waals surface area contributed by atoms with Crippen molar-refractivity contribution in [3.63, 3.8) is 0 Å². The molecule has 1 N–H and O–H groups in total. The molecule has 1 saturated heterocycles. The summed E-state index contributed by atoms with van der Waals surface area (Å²) in [7, 11) is 0. The fourth-order valence-corrected chi connectivity index (χ4v) is 2.82. The molecule has 1 fully saturated rings. The van der Waals surface area contributed by atoms with E-state index in [4.69, 9.17) is 23.2 Å². The minimum atomic E-state index is -0.0884. The molecule has 1 aromatic rings. The predicted octanol–water partition coefficient (Wildman–Crippen LogP) is 4.50. The molecule has 1 aromatic carbocycles. The summed E-state index contributed by atoms with van der Waals surface area (Å²) in [6, 6.07) is 5.35. The highest BCUT2D eigenvalue weighted by molar-refractivity contribution is 6.42. The number of urea groups is 1. The maximum Gasteiger partial charge on any atom is 0.317 e. The molecule has 20 heavy (non-hydrogen) atoms. The van der Waals surface area contributed by atoms with E-state index in [0.717, 1.165) is 25.1 Å². The normalized spacial score (nSPS) is 20.6. The molecule has 5 heteroatoms. The van der Waals surface area contributed by atoms with Gasteiger partial charge in [-0.3, -0.25) is 0 Å². The van der Waals surface area contributed by atoms with Gasteiger partial charge in [0.1, 0.15) is 0 Å². The summed E-state index contributed by atoms with van der Waals surface area (Å²) in [5.74, 6) is 0.579. The number of rotatable bonds is 2. The zero-order valence-electron chi connectivity index (χ0n) is 11.8. The van der Waals surface area contributed by atoms with Gasteiger partial charge in [-0.15, -0.1) is 0 Å². The molecule has 110 valence electrons. The molecule has 1 heterocycles. The van der Waals surface area contributed by atoms with Crippen molar-refractivity contribution in [1.82, 2.24) is 10.2 Å². The number of benzene rings is 1. The molecule has 1 aliphatic heterocycles. The van der Waals surface area contributed by atoms with Crippen LogP contribution in [0.15, 0.2) is 18.2 Å². The van der Waals surface area contributed by atoms with E-state index < -0.39 is 0 Å². The van der Waals surface area contributed by atoms with Gasteiger partial charge in [-0.1, -0.05) is 36.2 Å². The molecule has 2 amide bonds. The molecule has 1 aliphatic rings. The largest absolute Gasteiger partial charge is 0.331 e. The number of carbonyl (C=O) groups excluding carboxylic acids is 1. The van der Waals surface area contributed by atoms with Gasteiger partial charge in [0.05, 0.1) is 16.1 Å². The molecule has 2 atom stereocenters. The molecule has 0 bridgehead atoms. The van der Waals surface area contributed by atoms with E-state index >= 15 is 0 Å². The first-order chi connectivity index (χ1) is 9.47. The standard InChI is InChI=1S/C15H20Cl2N2O/c1-10-4-3-7-19(9-10)15(20)18-11(2)12-5-6-13(16)14(17)8-12/h5-6,8,10-11H,3-4,7,9H2,1-2H3,(H,18,20). The molecule has 2 rings (SSSR count). The van der Waals surface area contributed by atoms with E-state index in [-0.39, 0.29) is 12.1 Å². The zero-order valence-corrected chi connectivity index (χ0v) is 13.3. The summed E-state index contributed by atoms with van der Waals surface area (Å²) >= 11 is 11.9. The van der Waals surface area contributed by atoms with Gasteiger partial charge in [0.15, 0.2) is 0 Å². The van der Waals surface area contributed by atoms with Crippen LogP contribution in [-0.2, 0) is 0 Å². The lowest BCUT2D eigenvalue weighted by Crippen LogP contribution is -2.45. The van der Waals surface area contributed by atoms with E-state index in [9.17, 15) is 4.79 Å². The maximum atomic E-state index is 12.2. The van der Waals surface area contributed by atoms with Gasteiger partial charge >= 0.3 is 6.03 Å². The van der Waals surface area contributed by atoms with Gasteiger partial charge in [0, 0.05) is 13.1 Å².